The van der Waals surface area contributed by atoms with Crippen molar-refractivity contribution in [2.75, 3.05) is 26.4 Å². The van der Waals surface area contributed by atoms with Crippen LogP contribution >= 0.6 is 0 Å². The van der Waals surface area contributed by atoms with Gasteiger partial charge in [0.2, 0.25) is 0 Å². The summed E-state index contributed by atoms with van der Waals surface area (Å²) in [7, 11) is -8.87. The predicted molar refractivity (Wildman–Crippen MR) is 334 cm³/mol. The van der Waals surface area contributed by atoms with Crippen molar-refractivity contribution in [2.24, 2.45) is 0 Å². The first-order valence-electron chi connectivity index (χ1n) is 32.3. The zero-order valence-electron chi connectivity index (χ0n) is 52.1. The second-order valence-electron chi connectivity index (χ2n) is 22.5. The fraction of sp³-hybridized carbons (Fsp3) is 0.758. The average Bonchev–Trinajstić information content (AvgIpc) is 3.48. The van der Waals surface area contributed by atoms with Crippen LogP contribution in [0.15, 0.2) is 48.5 Å². The quantitative estimate of drug-likeness (QED) is 0.0198. The van der Waals surface area contributed by atoms with Crippen LogP contribution < -0.4 is 0 Å². The molecule has 0 aliphatic carbocycles. The maximum Gasteiger partial charge on any atom is 2.00 e. The van der Waals surface area contributed by atoms with E-state index in [1.165, 1.54) is 244 Å². The summed E-state index contributed by atoms with van der Waals surface area (Å²) in [6.45, 7) is 7.19. The van der Waals surface area contributed by atoms with Crippen molar-refractivity contribution in [1.29, 1.82) is 0 Å². The summed E-state index contributed by atoms with van der Waals surface area (Å²) in [6.07, 6.45) is 49.1. The molecule has 0 N–H and O–H groups in total. The summed E-state index contributed by atoms with van der Waals surface area (Å²) in [5.74, 6) is -2.68. The molecule has 0 amide bonds. The van der Waals surface area contributed by atoms with E-state index in [1.54, 1.807) is 24.3 Å². The number of carbonyl (C=O) groups is 4. The van der Waals surface area contributed by atoms with E-state index in [2.05, 4.69) is 13.8 Å². The van der Waals surface area contributed by atoms with Gasteiger partial charge in [0, 0.05) is 10.5 Å². The standard InChI is InChI=1S/2C33H56O7S.Ca/c2*1-3-4-5-6-7-8-9-10-11-12-13-14-15-16-17-18-19-20-23-27-39-32(34)30-24-21-22-25-31(30)33(35)40-28-26-29(2)41(36,37)38;/h2*21-22,24-25,29H,3-20,23,26-28H2,1-2H3,(H,36,37,38);/q;;+2/p-2. The molecule has 17 heteroatoms. The van der Waals surface area contributed by atoms with Gasteiger partial charge in [0.25, 0.3) is 0 Å². The van der Waals surface area contributed by atoms with Crippen molar-refractivity contribution in [3.63, 3.8) is 0 Å². The van der Waals surface area contributed by atoms with E-state index in [0.717, 1.165) is 38.5 Å². The van der Waals surface area contributed by atoms with Crippen molar-refractivity contribution in [3.8, 4) is 0 Å². The van der Waals surface area contributed by atoms with E-state index < -0.39 is 54.6 Å². The number of rotatable bonds is 52. The average molecular weight is 1230 g/mol. The normalized spacial score (nSPS) is 12.1. The molecule has 14 nitrogen and oxygen atoms in total. The second kappa shape index (κ2) is 53.6. The number of benzene rings is 2. The topological polar surface area (TPSA) is 220 Å². The van der Waals surface area contributed by atoms with E-state index in [0.29, 0.717) is 13.2 Å². The molecule has 0 saturated heterocycles. The van der Waals surface area contributed by atoms with Crippen molar-refractivity contribution < 1.29 is 64.1 Å². The molecule has 0 spiro atoms. The summed E-state index contributed by atoms with van der Waals surface area (Å²) in [5, 5.41) is -2.32. The monoisotopic (exact) mass is 1230 g/mol. The van der Waals surface area contributed by atoms with Gasteiger partial charge in [-0.05, 0) is 63.8 Å². The summed E-state index contributed by atoms with van der Waals surface area (Å²) in [4.78, 5) is 49.9. The van der Waals surface area contributed by atoms with Crippen LogP contribution in [0, 0.1) is 0 Å². The summed E-state index contributed by atoms with van der Waals surface area (Å²) in [6, 6.07) is 12.4. The van der Waals surface area contributed by atoms with Crippen LogP contribution in [-0.4, -0.2) is 124 Å². The van der Waals surface area contributed by atoms with Crippen LogP contribution in [0.1, 0.15) is 326 Å². The number of hydrogen-bond acceptors (Lipinski definition) is 14. The van der Waals surface area contributed by atoms with E-state index >= 15 is 0 Å². The maximum absolute atomic E-state index is 12.5. The van der Waals surface area contributed by atoms with Crippen molar-refractivity contribution >= 4 is 81.9 Å². The molecule has 2 aromatic rings. The first-order valence-corrected chi connectivity index (χ1v) is 35.2. The fourth-order valence-electron chi connectivity index (χ4n) is 9.60. The molecule has 2 atom stereocenters. The first-order chi connectivity index (χ1) is 39.5. The van der Waals surface area contributed by atoms with Gasteiger partial charge in [-0.25, -0.2) is 36.0 Å². The molecule has 2 rings (SSSR count). The Morgan fingerprint density at radius 1 is 0.325 bits per heavy atom. The van der Waals surface area contributed by atoms with Crippen LogP contribution in [0.4, 0.5) is 0 Å². The molecule has 2 unspecified atom stereocenters. The van der Waals surface area contributed by atoms with Gasteiger partial charge in [0.05, 0.1) is 68.9 Å². The van der Waals surface area contributed by atoms with E-state index in [-0.39, 0.29) is 86.0 Å². The molecule has 2 aromatic carbocycles. The Labute approximate surface area is 534 Å². The molecule has 0 aromatic heterocycles. The van der Waals surface area contributed by atoms with E-state index in [9.17, 15) is 45.1 Å². The number of esters is 4. The molecule has 0 radical (unpaired) electrons. The molecule has 472 valence electrons. The fourth-order valence-corrected chi connectivity index (χ4v) is 10.4. The Kier molecular flexibility index (Phi) is 51.9. The smallest absolute Gasteiger partial charge is 0.748 e. The SMILES string of the molecule is CCCCCCCCCCCCCCCCCCCCCOC(=O)c1ccccc1C(=O)OCCC(C)S(=O)(=O)[O-].CCCCCCCCCCCCCCCCCCCCCOC(=O)c1ccccc1C(=O)OCCC(C)S(=O)(=O)[O-].[Ca+2]. The van der Waals surface area contributed by atoms with Crippen LogP contribution in [0.25, 0.3) is 0 Å². The van der Waals surface area contributed by atoms with Crippen LogP contribution in [0.3, 0.4) is 0 Å². The molecule has 83 heavy (non-hydrogen) atoms. The minimum atomic E-state index is -4.43. The molecule has 0 aliphatic heterocycles. The van der Waals surface area contributed by atoms with Gasteiger partial charge in [0.1, 0.15) is 0 Å². The van der Waals surface area contributed by atoms with Crippen LogP contribution in [-0.2, 0) is 39.2 Å². The van der Waals surface area contributed by atoms with Gasteiger partial charge in [-0.3, -0.25) is 0 Å². The zero-order chi connectivity index (χ0) is 60.4. The third-order valence-electron chi connectivity index (χ3n) is 15.2. The van der Waals surface area contributed by atoms with Crippen LogP contribution in [0.5, 0.6) is 0 Å². The van der Waals surface area contributed by atoms with Crippen molar-refractivity contribution in [2.45, 2.75) is 295 Å². The second-order valence-corrected chi connectivity index (χ2v) is 26.1. The minimum absolute atomic E-state index is 0. The molecule has 0 saturated carbocycles. The first kappa shape index (κ1) is 80.4. The summed E-state index contributed by atoms with van der Waals surface area (Å²) < 4.78 is 86.8. The van der Waals surface area contributed by atoms with Gasteiger partial charge in [-0.2, -0.15) is 0 Å². The Morgan fingerprint density at radius 3 is 0.675 bits per heavy atom. The van der Waals surface area contributed by atoms with Gasteiger partial charge in [-0.1, -0.05) is 269 Å². The number of unbranched alkanes of at least 4 members (excludes halogenated alkanes) is 36. The Hall–Kier alpha value is -2.60. The van der Waals surface area contributed by atoms with Gasteiger partial charge >= 0.3 is 61.6 Å². The summed E-state index contributed by atoms with van der Waals surface area (Å²) >= 11 is 0. The molecular formula is C66H110CaO14S2. The summed E-state index contributed by atoms with van der Waals surface area (Å²) in [5.41, 5.74) is 0.339. The molecule has 0 aliphatic rings. The van der Waals surface area contributed by atoms with E-state index in [4.69, 9.17) is 18.9 Å². The van der Waals surface area contributed by atoms with Crippen molar-refractivity contribution in [3.05, 3.63) is 70.8 Å². The number of carbonyl (C=O) groups excluding carboxylic acids is 4. The number of hydrogen-bond donors (Lipinski definition) is 0. The van der Waals surface area contributed by atoms with E-state index in [1.807, 2.05) is 0 Å². The Morgan fingerprint density at radius 2 is 0.494 bits per heavy atom. The Bertz CT molecular complexity index is 2020. The Balaban J connectivity index is 0.00000160. The van der Waals surface area contributed by atoms with Gasteiger partial charge in [0.15, 0.2) is 0 Å². The third-order valence-corrected chi connectivity index (χ3v) is 17.6. The third kappa shape index (κ3) is 44.5. The van der Waals surface area contributed by atoms with Gasteiger partial charge in [-0.15, -0.1) is 0 Å². The number of ether oxygens (including phenoxy) is 4. The zero-order valence-corrected chi connectivity index (χ0v) is 56.0. The van der Waals surface area contributed by atoms with Gasteiger partial charge < -0.3 is 28.1 Å². The maximum atomic E-state index is 12.5. The molecule has 0 fully saturated rings. The predicted octanol–water partition coefficient (Wildman–Crippen LogP) is 17.1. The largest absolute Gasteiger partial charge is 2.00 e. The molecular weight excluding hydrogens is 1120 g/mol. The molecule has 0 bridgehead atoms. The minimum Gasteiger partial charge on any atom is -0.748 e. The van der Waals surface area contributed by atoms with Crippen molar-refractivity contribution in [1.82, 2.24) is 0 Å². The molecule has 0 heterocycles. The van der Waals surface area contributed by atoms with Crippen LogP contribution in [0.2, 0.25) is 0 Å².